The Labute approximate surface area is 111 Å². The van der Waals surface area contributed by atoms with Gasteiger partial charge in [-0.2, -0.15) is 21.7 Å². The minimum Gasteiger partial charge on any atom is -0.467 e. The van der Waals surface area contributed by atoms with Crippen LogP contribution in [0.2, 0.25) is 0 Å². The molecule has 5 nitrogen and oxygen atoms in total. The lowest BCUT2D eigenvalue weighted by Gasteiger charge is -2.31. The summed E-state index contributed by atoms with van der Waals surface area (Å²) in [7, 11) is 1.63. The van der Waals surface area contributed by atoms with E-state index >= 15 is 0 Å². The minimum absolute atomic E-state index is 0.491. The average Bonchev–Trinajstić information content (AvgIpc) is 2.47. The van der Waals surface area contributed by atoms with E-state index in [9.17, 15) is 0 Å². The Balaban J connectivity index is 1.99. The second kappa shape index (κ2) is 5.32. The van der Waals surface area contributed by atoms with Crippen LogP contribution in [-0.4, -0.2) is 48.2 Å². The lowest BCUT2D eigenvalue weighted by Crippen LogP contribution is -2.36. The van der Waals surface area contributed by atoms with Crippen molar-refractivity contribution in [3.05, 3.63) is 11.3 Å². The van der Waals surface area contributed by atoms with Crippen LogP contribution in [-0.2, 0) is 13.0 Å². The van der Waals surface area contributed by atoms with Gasteiger partial charge in [-0.15, -0.1) is 0 Å². The number of ether oxygens (including phenoxy) is 1. The van der Waals surface area contributed by atoms with Crippen LogP contribution in [0.15, 0.2) is 0 Å². The lowest BCUT2D eigenvalue weighted by atomic mass is 10.1. The van der Waals surface area contributed by atoms with E-state index in [1.165, 1.54) is 17.1 Å². The first-order valence-corrected chi connectivity index (χ1v) is 7.51. The second-order valence-corrected chi connectivity index (χ2v) is 5.71. The van der Waals surface area contributed by atoms with Gasteiger partial charge >= 0.3 is 6.01 Å². The molecular formula is C12H18N4OS. The Bertz CT molecular complexity index is 434. The van der Waals surface area contributed by atoms with Gasteiger partial charge in [-0.05, 0) is 13.0 Å². The summed E-state index contributed by atoms with van der Waals surface area (Å²) in [4.78, 5) is 11.4. The summed E-state index contributed by atoms with van der Waals surface area (Å²) in [5.41, 5.74) is 2.41. The molecular weight excluding hydrogens is 248 g/mol. The molecule has 0 bridgehead atoms. The van der Waals surface area contributed by atoms with E-state index in [4.69, 9.17) is 4.74 Å². The summed E-state index contributed by atoms with van der Waals surface area (Å²) in [5.74, 6) is 3.46. The van der Waals surface area contributed by atoms with Crippen molar-refractivity contribution < 1.29 is 4.74 Å². The second-order valence-electron chi connectivity index (χ2n) is 4.49. The number of aromatic nitrogens is 2. The number of methoxy groups -OCH3 is 1. The Hall–Kier alpha value is -1.01. The monoisotopic (exact) mass is 266 g/mol. The van der Waals surface area contributed by atoms with E-state index in [1.807, 2.05) is 11.8 Å². The van der Waals surface area contributed by atoms with Crippen molar-refractivity contribution in [1.82, 2.24) is 15.3 Å². The van der Waals surface area contributed by atoms with E-state index in [2.05, 4.69) is 20.2 Å². The first-order chi connectivity index (χ1) is 8.88. The zero-order chi connectivity index (χ0) is 12.4. The molecule has 1 aromatic heterocycles. The smallest absolute Gasteiger partial charge is 0.318 e. The van der Waals surface area contributed by atoms with Crippen molar-refractivity contribution in [1.29, 1.82) is 0 Å². The molecule has 18 heavy (non-hydrogen) atoms. The summed E-state index contributed by atoms with van der Waals surface area (Å²) in [5, 5.41) is 3.35. The fourth-order valence-electron chi connectivity index (χ4n) is 2.45. The van der Waals surface area contributed by atoms with E-state index in [0.717, 1.165) is 44.1 Å². The highest BCUT2D eigenvalue weighted by molar-refractivity contribution is 7.99. The van der Waals surface area contributed by atoms with Crippen LogP contribution in [0.4, 0.5) is 5.82 Å². The molecule has 0 saturated carbocycles. The van der Waals surface area contributed by atoms with Crippen LogP contribution in [0.5, 0.6) is 6.01 Å². The molecule has 2 aliphatic rings. The molecule has 1 aromatic rings. The van der Waals surface area contributed by atoms with Crippen molar-refractivity contribution >= 4 is 17.6 Å². The molecule has 1 N–H and O–H groups in total. The number of rotatable bonds is 2. The molecule has 3 rings (SSSR count). The van der Waals surface area contributed by atoms with E-state index in [0.29, 0.717) is 6.01 Å². The first-order valence-electron chi connectivity index (χ1n) is 6.35. The SMILES string of the molecule is COc1nc2c(c(N3CCSCC3)n1)CCNC2. The Kier molecular flexibility index (Phi) is 3.56. The topological polar surface area (TPSA) is 50.3 Å². The lowest BCUT2D eigenvalue weighted by molar-refractivity contribution is 0.375. The van der Waals surface area contributed by atoms with Crippen molar-refractivity contribution in [3.8, 4) is 6.01 Å². The summed E-state index contributed by atoms with van der Waals surface area (Å²) in [6, 6.07) is 0.491. The molecule has 98 valence electrons. The third kappa shape index (κ3) is 2.27. The molecule has 6 heteroatoms. The van der Waals surface area contributed by atoms with Crippen LogP contribution in [0.1, 0.15) is 11.3 Å². The van der Waals surface area contributed by atoms with Gasteiger partial charge < -0.3 is 15.0 Å². The third-order valence-corrected chi connectivity index (χ3v) is 4.33. The van der Waals surface area contributed by atoms with Crippen molar-refractivity contribution in [2.75, 3.05) is 43.1 Å². The standard InChI is InChI=1S/C12H18N4OS/c1-17-12-14-10-8-13-3-2-9(10)11(15-12)16-4-6-18-7-5-16/h13H,2-8H2,1H3. The van der Waals surface area contributed by atoms with Crippen molar-refractivity contribution in [2.24, 2.45) is 0 Å². The van der Waals surface area contributed by atoms with Gasteiger partial charge in [-0.1, -0.05) is 0 Å². The summed E-state index contributed by atoms with van der Waals surface area (Å²) in [6.07, 6.45) is 1.01. The molecule has 1 saturated heterocycles. The van der Waals surface area contributed by atoms with Crippen molar-refractivity contribution in [3.63, 3.8) is 0 Å². The number of anilines is 1. The molecule has 0 amide bonds. The maximum Gasteiger partial charge on any atom is 0.318 e. The fourth-order valence-corrected chi connectivity index (χ4v) is 3.35. The first kappa shape index (κ1) is 12.0. The van der Waals surface area contributed by atoms with Gasteiger partial charge in [0.2, 0.25) is 0 Å². The van der Waals surface area contributed by atoms with Gasteiger partial charge in [-0.25, -0.2) is 0 Å². The van der Waals surface area contributed by atoms with Crippen LogP contribution >= 0.6 is 11.8 Å². The minimum atomic E-state index is 0.491. The van der Waals surface area contributed by atoms with Crippen molar-refractivity contribution in [2.45, 2.75) is 13.0 Å². The number of hydrogen-bond donors (Lipinski definition) is 1. The normalized spacial score (nSPS) is 19.5. The summed E-state index contributed by atoms with van der Waals surface area (Å²) in [6.45, 7) is 3.98. The molecule has 0 atom stereocenters. The quantitative estimate of drug-likeness (QED) is 0.850. The predicted molar refractivity (Wildman–Crippen MR) is 73.5 cm³/mol. The number of hydrogen-bond acceptors (Lipinski definition) is 6. The van der Waals surface area contributed by atoms with E-state index in [1.54, 1.807) is 7.11 Å². The summed E-state index contributed by atoms with van der Waals surface area (Å²) >= 11 is 2.01. The van der Waals surface area contributed by atoms with Gasteiger partial charge in [0.05, 0.1) is 12.8 Å². The van der Waals surface area contributed by atoms with Gasteiger partial charge in [0.15, 0.2) is 0 Å². The molecule has 0 aliphatic carbocycles. The predicted octanol–water partition coefficient (Wildman–Crippen LogP) is 0.684. The van der Waals surface area contributed by atoms with Crippen LogP contribution in [0.3, 0.4) is 0 Å². The Morgan fingerprint density at radius 3 is 2.89 bits per heavy atom. The highest BCUT2D eigenvalue weighted by atomic mass is 32.2. The van der Waals surface area contributed by atoms with Crippen LogP contribution in [0, 0.1) is 0 Å². The number of nitrogens with zero attached hydrogens (tertiary/aromatic N) is 3. The van der Waals surface area contributed by atoms with E-state index < -0.39 is 0 Å². The molecule has 0 unspecified atom stereocenters. The van der Waals surface area contributed by atoms with Gasteiger partial charge in [0.25, 0.3) is 0 Å². The molecule has 0 spiro atoms. The highest BCUT2D eigenvalue weighted by Gasteiger charge is 2.22. The van der Waals surface area contributed by atoms with Crippen LogP contribution < -0.4 is 15.0 Å². The molecule has 2 aliphatic heterocycles. The zero-order valence-corrected chi connectivity index (χ0v) is 11.4. The molecule has 1 fully saturated rings. The number of fused-ring (bicyclic) bond motifs is 1. The molecule has 0 aromatic carbocycles. The number of nitrogens with one attached hydrogen (secondary N) is 1. The highest BCUT2D eigenvalue weighted by Crippen LogP contribution is 2.27. The largest absolute Gasteiger partial charge is 0.467 e. The van der Waals surface area contributed by atoms with Gasteiger partial charge in [0.1, 0.15) is 5.82 Å². The average molecular weight is 266 g/mol. The number of thioether (sulfide) groups is 1. The molecule has 0 radical (unpaired) electrons. The van der Waals surface area contributed by atoms with E-state index in [-0.39, 0.29) is 0 Å². The zero-order valence-electron chi connectivity index (χ0n) is 10.6. The summed E-state index contributed by atoms with van der Waals surface area (Å²) < 4.78 is 5.23. The maximum absolute atomic E-state index is 5.23. The maximum atomic E-state index is 5.23. The van der Waals surface area contributed by atoms with Gasteiger partial charge in [0, 0.05) is 36.7 Å². The third-order valence-electron chi connectivity index (χ3n) is 3.39. The fraction of sp³-hybridized carbons (Fsp3) is 0.667. The molecule has 3 heterocycles. The Morgan fingerprint density at radius 2 is 2.11 bits per heavy atom. The Morgan fingerprint density at radius 1 is 1.28 bits per heavy atom. The van der Waals surface area contributed by atoms with Gasteiger partial charge in [-0.3, -0.25) is 0 Å². The van der Waals surface area contributed by atoms with Crippen LogP contribution in [0.25, 0.3) is 0 Å².